The molecule has 2 rings (SSSR count). The van der Waals surface area contributed by atoms with Crippen molar-refractivity contribution in [3.63, 3.8) is 0 Å². The van der Waals surface area contributed by atoms with E-state index in [9.17, 15) is 0 Å². The lowest BCUT2D eigenvalue weighted by atomic mass is 10.1. The van der Waals surface area contributed by atoms with E-state index in [4.69, 9.17) is 4.74 Å². The first-order valence-electron chi connectivity index (χ1n) is 6.61. The van der Waals surface area contributed by atoms with Gasteiger partial charge in [-0.3, -0.25) is 4.90 Å². The molecular weight excluding hydrogens is 214 g/mol. The van der Waals surface area contributed by atoms with E-state index in [1.807, 2.05) is 6.33 Å². The Bertz CT molecular complexity index is 331. The van der Waals surface area contributed by atoms with E-state index in [0.29, 0.717) is 5.92 Å². The summed E-state index contributed by atoms with van der Waals surface area (Å²) in [5.41, 5.74) is 1.22. The van der Waals surface area contributed by atoms with Crippen molar-refractivity contribution in [2.45, 2.75) is 32.7 Å². The van der Waals surface area contributed by atoms with Crippen LogP contribution in [-0.2, 0) is 11.3 Å². The summed E-state index contributed by atoms with van der Waals surface area (Å²) in [5, 5.41) is 0. The molecule has 96 valence electrons. The number of aromatic nitrogens is 2. The van der Waals surface area contributed by atoms with E-state index in [-0.39, 0.29) is 0 Å². The van der Waals surface area contributed by atoms with Gasteiger partial charge in [0.25, 0.3) is 0 Å². The minimum absolute atomic E-state index is 0.569. The molecule has 1 fully saturated rings. The smallest absolute Gasteiger partial charge is 0.0949 e. The Hall–Kier alpha value is -0.870. The molecule has 1 aromatic rings. The minimum Gasteiger partial charge on any atom is -0.379 e. The van der Waals surface area contributed by atoms with Gasteiger partial charge in [-0.15, -0.1) is 0 Å². The van der Waals surface area contributed by atoms with E-state index in [0.717, 1.165) is 45.8 Å². The summed E-state index contributed by atoms with van der Waals surface area (Å²) >= 11 is 0. The second kappa shape index (κ2) is 6.17. The third-order valence-corrected chi connectivity index (χ3v) is 3.55. The van der Waals surface area contributed by atoms with Gasteiger partial charge in [0.1, 0.15) is 0 Å². The van der Waals surface area contributed by atoms with E-state index in [1.54, 1.807) is 0 Å². The number of nitrogens with zero attached hydrogens (tertiary/aromatic N) is 3. The van der Waals surface area contributed by atoms with Crippen molar-refractivity contribution < 1.29 is 4.74 Å². The van der Waals surface area contributed by atoms with Crippen molar-refractivity contribution in [2.24, 2.45) is 0 Å². The first-order valence-corrected chi connectivity index (χ1v) is 6.61. The lowest BCUT2D eigenvalue weighted by Crippen LogP contribution is -2.38. The van der Waals surface area contributed by atoms with Crippen LogP contribution in [0.5, 0.6) is 0 Å². The molecule has 4 heteroatoms. The van der Waals surface area contributed by atoms with Crippen LogP contribution in [0.3, 0.4) is 0 Å². The van der Waals surface area contributed by atoms with Crippen LogP contribution in [0.15, 0.2) is 12.5 Å². The first kappa shape index (κ1) is 12.6. The second-order valence-electron chi connectivity index (χ2n) is 4.80. The molecular formula is C13H23N3O. The molecule has 4 nitrogen and oxygen atoms in total. The fraction of sp³-hybridized carbons (Fsp3) is 0.769. The summed E-state index contributed by atoms with van der Waals surface area (Å²) in [6.45, 7) is 10.4. The molecule has 1 aliphatic rings. The molecule has 1 unspecified atom stereocenters. The number of imidazole rings is 1. The number of morpholine rings is 1. The highest BCUT2D eigenvalue weighted by molar-refractivity contribution is 5.02. The van der Waals surface area contributed by atoms with Crippen LogP contribution in [-0.4, -0.2) is 47.3 Å². The van der Waals surface area contributed by atoms with E-state index >= 15 is 0 Å². The van der Waals surface area contributed by atoms with Gasteiger partial charge in [0.2, 0.25) is 0 Å². The van der Waals surface area contributed by atoms with Crippen molar-refractivity contribution in [2.75, 3.05) is 32.8 Å². The molecule has 2 heterocycles. The Morgan fingerprint density at radius 3 is 2.82 bits per heavy atom. The molecule has 17 heavy (non-hydrogen) atoms. The van der Waals surface area contributed by atoms with Gasteiger partial charge in [-0.2, -0.15) is 0 Å². The standard InChI is InChI=1S/C13H23N3O/c1-3-12(2)13-10-16(11-14-13)5-4-15-6-8-17-9-7-15/h10-12H,3-9H2,1-2H3. The Labute approximate surface area is 104 Å². The highest BCUT2D eigenvalue weighted by Gasteiger charge is 2.10. The number of rotatable bonds is 5. The Kier molecular flexibility index (Phi) is 4.57. The van der Waals surface area contributed by atoms with E-state index in [1.165, 1.54) is 5.69 Å². The maximum Gasteiger partial charge on any atom is 0.0949 e. The zero-order valence-corrected chi connectivity index (χ0v) is 10.9. The van der Waals surface area contributed by atoms with Crippen molar-refractivity contribution in [1.82, 2.24) is 14.5 Å². The molecule has 0 spiro atoms. The van der Waals surface area contributed by atoms with Gasteiger partial charge >= 0.3 is 0 Å². The molecule has 0 amide bonds. The summed E-state index contributed by atoms with van der Waals surface area (Å²) in [7, 11) is 0. The maximum absolute atomic E-state index is 5.34. The van der Waals surface area contributed by atoms with Gasteiger partial charge in [-0.1, -0.05) is 13.8 Å². The molecule has 1 atom stereocenters. The topological polar surface area (TPSA) is 30.3 Å². The molecule has 1 saturated heterocycles. The number of hydrogen-bond donors (Lipinski definition) is 0. The third kappa shape index (κ3) is 3.54. The maximum atomic E-state index is 5.34. The average molecular weight is 237 g/mol. The summed E-state index contributed by atoms with van der Waals surface area (Å²) in [4.78, 5) is 6.92. The molecule has 0 saturated carbocycles. The lowest BCUT2D eigenvalue weighted by molar-refractivity contribution is 0.0364. The summed E-state index contributed by atoms with van der Waals surface area (Å²) in [6, 6.07) is 0. The van der Waals surface area contributed by atoms with Gasteiger partial charge in [-0.05, 0) is 12.3 Å². The van der Waals surface area contributed by atoms with Crippen LogP contribution in [0.1, 0.15) is 31.9 Å². The highest BCUT2D eigenvalue weighted by atomic mass is 16.5. The largest absolute Gasteiger partial charge is 0.379 e. The van der Waals surface area contributed by atoms with Crippen LogP contribution in [0.2, 0.25) is 0 Å². The zero-order valence-electron chi connectivity index (χ0n) is 10.9. The minimum atomic E-state index is 0.569. The van der Waals surface area contributed by atoms with Gasteiger partial charge in [0, 0.05) is 32.4 Å². The predicted octanol–water partition coefficient (Wildman–Crippen LogP) is 1.73. The summed E-state index contributed by atoms with van der Waals surface area (Å²) in [5.74, 6) is 0.569. The Morgan fingerprint density at radius 1 is 1.35 bits per heavy atom. The molecule has 0 bridgehead atoms. The zero-order chi connectivity index (χ0) is 12.1. The summed E-state index contributed by atoms with van der Waals surface area (Å²) in [6.07, 6.45) is 5.30. The fourth-order valence-corrected chi connectivity index (χ4v) is 2.04. The SMILES string of the molecule is CCC(C)c1cn(CCN2CCOCC2)cn1. The Morgan fingerprint density at radius 2 is 2.12 bits per heavy atom. The second-order valence-corrected chi connectivity index (χ2v) is 4.80. The van der Waals surface area contributed by atoms with Gasteiger partial charge in [-0.25, -0.2) is 4.98 Å². The fourth-order valence-electron chi connectivity index (χ4n) is 2.04. The van der Waals surface area contributed by atoms with Crippen LogP contribution < -0.4 is 0 Å². The van der Waals surface area contributed by atoms with Crippen molar-refractivity contribution in [3.05, 3.63) is 18.2 Å². The van der Waals surface area contributed by atoms with Crippen LogP contribution in [0.25, 0.3) is 0 Å². The third-order valence-electron chi connectivity index (χ3n) is 3.55. The van der Waals surface area contributed by atoms with Crippen molar-refractivity contribution >= 4 is 0 Å². The molecule has 1 aliphatic heterocycles. The number of ether oxygens (including phenoxy) is 1. The summed E-state index contributed by atoms with van der Waals surface area (Å²) < 4.78 is 7.55. The van der Waals surface area contributed by atoms with E-state index in [2.05, 4.69) is 34.5 Å². The van der Waals surface area contributed by atoms with Gasteiger partial charge in [0.05, 0.1) is 25.2 Å². The number of hydrogen-bond acceptors (Lipinski definition) is 3. The van der Waals surface area contributed by atoms with Crippen molar-refractivity contribution in [3.8, 4) is 0 Å². The van der Waals surface area contributed by atoms with Gasteiger partial charge < -0.3 is 9.30 Å². The van der Waals surface area contributed by atoms with Gasteiger partial charge in [0.15, 0.2) is 0 Å². The highest BCUT2D eigenvalue weighted by Crippen LogP contribution is 2.15. The molecule has 0 aromatic carbocycles. The molecule has 0 aliphatic carbocycles. The normalized spacial score (nSPS) is 19.4. The predicted molar refractivity (Wildman–Crippen MR) is 68.2 cm³/mol. The molecule has 1 aromatic heterocycles. The monoisotopic (exact) mass is 237 g/mol. The van der Waals surface area contributed by atoms with Crippen LogP contribution >= 0.6 is 0 Å². The van der Waals surface area contributed by atoms with Crippen molar-refractivity contribution in [1.29, 1.82) is 0 Å². The Balaban J connectivity index is 1.80. The van der Waals surface area contributed by atoms with E-state index < -0.39 is 0 Å². The average Bonchev–Trinajstić information content (AvgIpc) is 2.85. The van der Waals surface area contributed by atoms with Crippen LogP contribution in [0, 0.1) is 0 Å². The molecule has 0 N–H and O–H groups in total. The van der Waals surface area contributed by atoms with Crippen LogP contribution in [0.4, 0.5) is 0 Å². The molecule has 0 radical (unpaired) electrons. The quantitative estimate of drug-likeness (QED) is 0.781. The lowest BCUT2D eigenvalue weighted by Gasteiger charge is -2.26. The first-order chi connectivity index (χ1) is 8.29.